The number of methoxy groups -OCH3 is 4. The molecule has 11 nitrogen and oxygen atoms in total. The fourth-order valence-electron chi connectivity index (χ4n) is 5.07. The summed E-state index contributed by atoms with van der Waals surface area (Å²) in [5, 5.41) is 2.18. The van der Waals surface area contributed by atoms with Gasteiger partial charge in [0.1, 0.15) is 24.4 Å². The van der Waals surface area contributed by atoms with Crippen LogP contribution in [0.3, 0.4) is 0 Å². The van der Waals surface area contributed by atoms with Crippen LogP contribution in [-0.4, -0.2) is 58.9 Å². The molecule has 2 aliphatic rings. The van der Waals surface area contributed by atoms with Crippen molar-refractivity contribution in [1.82, 2.24) is 5.32 Å². The van der Waals surface area contributed by atoms with Crippen molar-refractivity contribution in [3.05, 3.63) is 115 Å². The highest BCUT2D eigenvalue weighted by Crippen LogP contribution is 2.33. The van der Waals surface area contributed by atoms with Crippen LogP contribution in [0.1, 0.15) is 52.7 Å². The molecule has 1 N–H and O–H groups in total. The molecule has 1 aromatic rings. The second kappa shape index (κ2) is 20.0. The Hall–Kier alpha value is -4.94. The van der Waals surface area contributed by atoms with E-state index < -0.39 is 22.7 Å². The van der Waals surface area contributed by atoms with Crippen LogP contribution in [0.4, 0.5) is 4.79 Å². The van der Waals surface area contributed by atoms with Crippen molar-refractivity contribution in [2.24, 2.45) is 0 Å². The first-order valence-electron chi connectivity index (χ1n) is 16.3. The van der Waals surface area contributed by atoms with Gasteiger partial charge in [-0.2, -0.15) is 0 Å². The molecule has 0 spiro atoms. The van der Waals surface area contributed by atoms with Crippen molar-refractivity contribution in [3.8, 4) is 5.75 Å². The Balaban J connectivity index is 1.98. The molecule has 3 rings (SSSR count). The van der Waals surface area contributed by atoms with Gasteiger partial charge in [-0.3, -0.25) is 19.7 Å². The van der Waals surface area contributed by atoms with Crippen LogP contribution in [0, 0.1) is 0 Å². The molecule has 2 heterocycles. The summed E-state index contributed by atoms with van der Waals surface area (Å²) in [6.45, 7) is 11.1. The predicted octanol–water partition coefficient (Wildman–Crippen LogP) is 6.08. The van der Waals surface area contributed by atoms with Gasteiger partial charge in [-0.1, -0.05) is 30.9 Å². The number of carbonyl (C=O) groups excluding carboxylic acids is 2. The molecule has 0 aromatic carbocycles. The number of ether oxygens (including phenoxy) is 6. The van der Waals surface area contributed by atoms with Crippen molar-refractivity contribution < 1.29 is 42.4 Å². The topological polar surface area (TPSA) is 132 Å². The Morgan fingerprint density at radius 1 is 1.06 bits per heavy atom. The minimum absolute atomic E-state index is 0.00908. The maximum Gasteiger partial charge on any atom is 0.290 e. The Bertz CT molecular complexity index is 1890. The number of nitrogens with one attached hydrogen (secondary N) is 1. The summed E-state index contributed by atoms with van der Waals surface area (Å²) in [6, 6.07) is 0. The van der Waals surface area contributed by atoms with Crippen LogP contribution in [-0.2, 0) is 28.5 Å². The molecule has 1 aromatic heterocycles. The lowest BCUT2D eigenvalue weighted by atomic mass is 10.00. The highest BCUT2D eigenvalue weighted by molar-refractivity contribution is 8.18. The van der Waals surface area contributed by atoms with Crippen LogP contribution in [0.25, 0.3) is 17.7 Å². The van der Waals surface area contributed by atoms with Gasteiger partial charge in [-0.05, 0) is 93.0 Å². The molecule has 1 atom stereocenters. The fourth-order valence-corrected chi connectivity index (χ4v) is 5.82. The Morgan fingerprint density at radius 3 is 2.41 bits per heavy atom. The van der Waals surface area contributed by atoms with Gasteiger partial charge in [0, 0.05) is 20.0 Å². The van der Waals surface area contributed by atoms with E-state index in [-0.39, 0.29) is 29.9 Å². The van der Waals surface area contributed by atoms with E-state index in [1.165, 1.54) is 14.2 Å². The van der Waals surface area contributed by atoms with Gasteiger partial charge in [0.15, 0.2) is 11.5 Å². The minimum atomic E-state index is -0.584. The van der Waals surface area contributed by atoms with E-state index in [1.54, 1.807) is 52.4 Å². The van der Waals surface area contributed by atoms with Gasteiger partial charge in [0.25, 0.3) is 11.1 Å². The number of amides is 2. The molecule has 1 unspecified atom stereocenters. The number of imide groups is 1. The van der Waals surface area contributed by atoms with E-state index in [2.05, 4.69) is 11.9 Å². The summed E-state index contributed by atoms with van der Waals surface area (Å²) in [4.78, 5) is 38.6. The van der Waals surface area contributed by atoms with E-state index in [1.807, 2.05) is 44.2 Å². The lowest BCUT2D eigenvalue weighted by molar-refractivity contribution is -0.115. The van der Waals surface area contributed by atoms with Crippen molar-refractivity contribution in [3.63, 3.8) is 0 Å². The summed E-state index contributed by atoms with van der Waals surface area (Å²) in [6.07, 6.45) is 17.0. The molecule has 1 aliphatic heterocycles. The maximum atomic E-state index is 14.2. The molecular weight excluding hydrogens is 674 g/mol. The van der Waals surface area contributed by atoms with Crippen LogP contribution in [0.15, 0.2) is 97.4 Å². The average Bonchev–Trinajstić information content (AvgIpc) is 3.46. The van der Waals surface area contributed by atoms with E-state index >= 15 is 0 Å². The third-order valence-corrected chi connectivity index (χ3v) is 8.92. The molecule has 2 amide bonds. The minimum Gasteiger partial charge on any atom is -0.502 e. The van der Waals surface area contributed by atoms with Gasteiger partial charge < -0.3 is 32.8 Å². The van der Waals surface area contributed by atoms with Gasteiger partial charge in [-0.15, -0.1) is 0 Å². The molecule has 1 fully saturated rings. The van der Waals surface area contributed by atoms with Crippen LogP contribution in [0.5, 0.6) is 5.75 Å². The maximum absolute atomic E-state index is 14.2. The lowest BCUT2D eigenvalue weighted by Gasteiger charge is -2.16. The monoisotopic (exact) mass is 721 g/mol. The largest absolute Gasteiger partial charge is 0.502 e. The second-order valence-electron chi connectivity index (χ2n) is 11.2. The summed E-state index contributed by atoms with van der Waals surface area (Å²) in [5.74, 6) is 2.16. The third-order valence-electron chi connectivity index (χ3n) is 7.93. The Morgan fingerprint density at radius 2 is 1.80 bits per heavy atom. The van der Waals surface area contributed by atoms with Crippen LogP contribution < -0.4 is 26.1 Å². The average molecular weight is 722 g/mol. The zero-order chi connectivity index (χ0) is 37.5. The Kier molecular flexibility index (Phi) is 15.9. The van der Waals surface area contributed by atoms with Crippen LogP contribution >= 0.6 is 11.8 Å². The number of thioether (sulfide) groups is 1. The number of hydrogen-bond donors (Lipinski definition) is 1. The predicted molar refractivity (Wildman–Crippen MR) is 200 cm³/mol. The van der Waals surface area contributed by atoms with Gasteiger partial charge in [0.05, 0.1) is 49.1 Å². The normalized spacial score (nSPS) is 20.2. The van der Waals surface area contributed by atoms with E-state index in [4.69, 9.17) is 32.8 Å². The number of rotatable bonds is 16. The number of allylic oxidation sites excluding steroid dienone is 10. The number of hydrogen-bond acceptors (Lipinski definition) is 11. The first-order valence-corrected chi connectivity index (χ1v) is 17.1. The smallest absolute Gasteiger partial charge is 0.290 e. The quantitative estimate of drug-likeness (QED) is 0.0922. The van der Waals surface area contributed by atoms with Crippen molar-refractivity contribution in [2.75, 3.05) is 41.7 Å². The SMILES string of the molecule is C=C/C(OC)=C(\C/C=C(\C)c1o/c(=C/C)c(=CC(/C=C(\C)OC)OC)c(=O)c1OCCO/C1=C/CC=C/C=C(/C(C)=C2\SC(=O)NC2=O)C1)OC. The van der Waals surface area contributed by atoms with Gasteiger partial charge in [0.2, 0.25) is 11.2 Å². The molecule has 51 heavy (non-hydrogen) atoms. The molecule has 0 saturated carbocycles. The molecule has 0 bridgehead atoms. The van der Waals surface area contributed by atoms with Crippen molar-refractivity contribution in [1.29, 1.82) is 0 Å². The van der Waals surface area contributed by atoms with Crippen LogP contribution in [0.2, 0.25) is 0 Å². The first-order chi connectivity index (χ1) is 24.5. The molecule has 12 heteroatoms. The zero-order valence-electron chi connectivity index (χ0n) is 30.5. The summed E-state index contributed by atoms with van der Waals surface area (Å²) >= 11 is 0.885. The Labute approximate surface area is 303 Å². The van der Waals surface area contributed by atoms with E-state index in [9.17, 15) is 14.4 Å². The molecule has 1 saturated heterocycles. The summed E-state index contributed by atoms with van der Waals surface area (Å²) in [5.41, 5.74) is 2.12. The number of carbonyl (C=O) groups is 2. The zero-order valence-corrected chi connectivity index (χ0v) is 31.3. The van der Waals surface area contributed by atoms with Crippen molar-refractivity contribution >= 4 is 40.6 Å². The van der Waals surface area contributed by atoms with Gasteiger partial charge in [-0.25, -0.2) is 0 Å². The molecule has 0 radical (unpaired) electrons. The molecule has 1 aliphatic carbocycles. The highest BCUT2D eigenvalue weighted by Gasteiger charge is 2.28. The lowest BCUT2D eigenvalue weighted by Crippen LogP contribution is -2.41. The molecule has 274 valence electrons. The summed E-state index contributed by atoms with van der Waals surface area (Å²) in [7, 11) is 6.16. The van der Waals surface area contributed by atoms with Gasteiger partial charge >= 0.3 is 0 Å². The van der Waals surface area contributed by atoms with E-state index in [0.29, 0.717) is 63.8 Å². The fraction of sp³-hybridized carbons (Fsp3) is 0.359. The second-order valence-corrected chi connectivity index (χ2v) is 12.2. The van der Waals surface area contributed by atoms with Crippen molar-refractivity contribution in [2.45, 2.75) is 53.1 Å². The highest BCUT2D eigenvalue weighted by atomic mass is 32.2. The molecular formula is C39H47NO10S. The van der Waals surface area contributed by atoms with E-state index in [0.717, 1.165) is 17.3 Å². The summed E-state index contributed by atoms with van der Waals surface area (Å²) < 4.78 is 40.4. The standard InChI is InChI=1S/C39H47NO10S/c1-10-31-30(23-29(45-7)21-25(4)44-6)34(41)36(35(50-31)24(3)17-18-33(47-9)32(11-2)46-8)49-20-19-48-28-16-14-12-13-15-27(22-28)26(5)37-38(42)40-39(43)51-37/h10-13,15-17,21,23,29H,2,14,18-20,22H2,1,3-9H3,(H,40,42,43)/b13-12?,24-17+,25-21+,27-15+,28-16+,30-23?,31-10+,33-32-,37-26-. The first kappa shape index (κ1) is 40.5. The third kappa shape index (κ3) is 11.0.